The van der Waals surface area contributed by atoms with E-state index in [4.69, 9.17) is 5.11 Å². The van der Waals surface area contributed by atoms with Crippen molar-refractivity contribution in [2.45, 2.75) is 6.92 Å². The molecule has 0 saturated carbocycles. The Hall–Kier alpha value is -1.44. The molecule has 0 unspecified atom stereocenters. The minimum absolute atomic E-state index is 0. The largest absolute Gasteiger partial charge is 1.00 e. The van der Waals surface area contributed by atoms with Crippen LogP contribution in [-0.4, -0.2) is 22.0 Å². The van der Waals surface area contributed by atoms with Gasteiger partial charge in [-0.25, -0.2) is 4.79 Å². The number of hydrogen-bond donors (Lipinski definition) is 1. The zero-order valence-corrected chi connectivity index (χ0v) is 11.2. The molecule has 1 aromatic carbocycles. The van der Waals surface area contributed by atoms with Gasteiger partial charge in [0.1, 0.15) is 11.3 Å². The van der Waals surface area contributed by atoms with Gasteiger partial charge in [0.25, 0.3) is 5.69 Å². The number of carboxylic acid groups (broad SMARTS) is 1. The number of nitrogens with zero attached hydrogens (tertiary/aromatic N) is 1. The molecule has 8 heteroatoms. The summed E-state index contributed by atoms with van der Waals surface area (Å²) in [6, 6.07) is 2.97. The third-order valence-electron chi connectivity index (χ3n) is 1.66. The molecule has 0 aliphatic carbocycles. The predicted molar refractivity (Wildman–Crippen MR) is 52.5 cm³/mol. The standard InChI is InChI=1S/C9H7NO6.Na.H/c1-5(11)16-8-3-2-6(10(14)15)4-7(8)9(12)13;;/h2-4H,1H3,(H,12,13);;/q;+1;-1. The molecule has 1 rings (SSSR count). The van der Waals surface area contributed by atoms with Gasteiger partial charge >= 0.3 is 41.5 Å². The van der Waals surface area contributed by atoms with Crippen molar-refractivity contribution in [1.82, 2.24) is 0 Å². The van der Waals surface area contributed by atoms with E-state index in [1.165, 1.54) is 0 Å². The number of aromatic carboxylic acids is 1. The summed E-state index contributed by atoms with van der Waals surface area (Å²) in [6.45, 7) is 1.10. The first-order valence-corrected chi connectivity index (χ1v) is 4.12. The van der Waals surface area contributed by atoms with Gasteiger partial charge in [0.2, 0.25) is 0 Å². The number of nitro benzene ring substituents is 1. The Labute approximate surface area is 119 Å². The third-order valence-corrected chi connectivity index (χ3v) is 1.66. The van der Waals surface area contributed by atoms with E-state index in [0.29, 0.717) is 0 Å². The van der Waals surface area contributed by atoms with Crippen LogP contribution in [0.2, 0.25) is 0 Å². The molecule has 0 aliphatic rings. The molecule has 7 nitrogen and oxygen atoms in total. The quantitative estimate of drug-likeness (QED) is 0.226. The number of carbonyl (C=O) groups is 2. The van der Waals surface area contributed by atoms with Gasteiger partial charge < -0.3 is 11.3 Å². The van der Waals surface area contributed by atoms with Crippen LogP contribution in [0, 0.1) is 10.1 Å². The Kier molecular flexibility index (Phi) is 5.80. The third kappa shape index (κ3) is 4.14. The Balaban J connectivity index is 0. The van der Waals surface area contributed by atoms with Gasteiger partial charge in [-0.15, -0.1) is 0 Å². The first kappa shape index (κ1) is 15.6. The zero-order chi connectivity index (χ0) is 12.3. The number of carboxylic acids is 1. The number of nitro groups is 1. The van der Waals surface area contributed by atoms with E-state index in [1.807, 2.05) is 0 Å². The summed E-state index contributed by atoms with van der Waals surface area (Å²) in [6.07, 6.45) is 0. The molecular formula is C9H8NNaO6. The van der Waals surface area contributed by atoms with Gasteiger partial charge in [-0.05, 0) is 6.07 Å². The minimum Gasteiger partial charge on any atom is -1.00 e. The molecule has 0 bridgehead atoms. The monoisotopic (exact) mass is 249 g/mol. The molecule has 0 aliphatic heterocycles. The second-order valence-corrected chi connectivity index (χ2v) is 2.84. The fourth-order valence-corrected chi connectivity index (χ4v) is 1.04. The normalized spacial score (nSPS) is 9.00. The Morgan fingerprint density at radius 1 is 1.47 bits per heavy atom. The van der Waals surface area contributed by atoms with E-state index < -0.39 is 22.4 Å². The maximum atomic E-state index is 10.8. The van der Waals surface area contributed by atoms with Crippen molar-refractivity contribution in [3.05, 3.63) is 33.9 Å². The summed E-state index contributed by atoms with van der Waals surface area (Å²) in [5.74, 6) is -2.32. The molecule has 86 valence electrons. The molecule has 0 saturated heterocycles. The molecule has 0 aromatic heterocycles. The van der Waals surface area contributed by atoms with Crippen LogP contribution in [0.25, 0.3) is 0 Å². The van der Waals surface area contributed by atoms with Gasteiger partial charge in [-0.3, -0.25) is 14.9 Å². The molecular weight excluding hydrogens is 241 g/mol. The molecule has 0 atom stereocenters. The molecule has 1 N–H and O–H groups in total. The van der Waals surface area contributed by atoms with E-state index in [-0.39, 0.29) is 42.4 Å². The first-order valence-electron chi connectivity index (χ1n) is 4.12. The number of benzene rings is 1. The smallest absolute Gasteiger partial charge is 1.00 e. The van der Waals surface area contributed by atoms with Crippen LogP contribution in [0.4, 0.5) is 5.69 Å². The van der Waals surface area contributed by atoms with E-state index in [1.54, 1.807) is 0 Å². The Bertz CT molecular complexity index is 478. The second-order valence-electron chi connectivity index (χ2n) is 2.84. The van der Waals surface area contributed by atoms with Crippen LogP contribution in [0.3, 0.4) is 0 Å². The maximum absolute atomic E-state index is 10.8. The molecule has 0 spiro atoms. The van der Waals surface area contributed by atoms with Crippen molar-refractivity contribution in [3.8, 4) is 5.75 Å². The summed E-state index contributed by atoms with van der Waals surface area (Å²) >= 11 is 0. The molecule has 0 fully saturated rings. The van der Waals surface area contributed by atoms with Gasteiger partial charge in [-0.1, -0.05) is 0 Å². The molecule has 0 radical (unpaired) electrons. The van der Waals surface area contributed by atoms with Crippen LogP contribution in [0.5, 0.6) is 5.75 Å². The fourth-order valence-electron chi connectivity index (χ4n) is 1.04. The average Bonchev–Trinajstić information content (AvgIpc) is 2.16. The van der Waals surface area contributed by atoms with Crippen LogP contribution in [0.1, 0.15) is 18.7 Å². The van der Waals surface area contributed by atoms with Crippen LogP contribution in [-0.2, 0) is 4.79 Å². The number of non-ortho nitro benzene ring substituents is 1. The molecule has 1 aromatic rings. The topological polar surface area (TPSA) is 107 Å². The van der Waals surface area contributed by atoms with Crippen molar-refractivity contribution >= 4 is 17.6 Å². The van der Waals surface area contributed by atoms with E-state index in [9.17, 15) is 19.7 Å². The SMILES string of the molecule is CC(=O)Oc1ccc([N+](=O)[O-])cc1C(=O)O.[H-].[Na+]. The molecule has 17 heavy (non-hydrogen) atoms. The first-order chi connectivity index (χ1) is 7.41. The summed E-state index contributed by atoms with van der Waals surface area (Å²) in [4.78, 5) is 31.1. The summed E-state index contributed by atoms with van der Waals surface area (Å²) in [5.41, 5.74) is -0.808. The van der Waals surface area contributed by atoms with Gasteiger partial charge in [0.05, 0.1) is 4.92 Å². The predicted octanol–water partition coefficient (Wildman–Crippen LogP) is -1.67. The Morgan fingerprint density at radius 2 is 2.06 bits per heavy atom. The molecule has 0 heterocycles. The number of carbonyl (C=O) groups excluding carboxylic acids is 1. The van der Waals surface area contributed by atoms with E-state index >= 15 is 0 Å². The summed E-state index contributed by atoms with van der Waals surface area (Å²) in [7, 11) is 0. The van der Waals surface area contributed by atoms with Crippen molar-refractivity contribution in [1.29, 1.82) is 0 Å². The number of hydrogen-bond acceptors (Lipinski definition) is 5. The Morgan fingerprint density at radius 3 is 2.47 bits per heavy atom. The number of esters is 1. The summed E-state index contributed by atoms with van der Waals surface area (Å²) in [5, 5.41) is 19.2. The van der Waals surface area contributed by atoms with E-state index in [0.717, 1.165) is 25.1 Å². The van der Waals surface area contributed by atoms with Gasteiger partial charge in [0.15, 0.2) is 0 Å². The fraction of sp³-hybridized carbons (Fsp3) is 0.111. The number of ether oxygens (including phenoxy) is 1. The van der Waals surface area contributed by atoms with Crippen molar-refractivity contribution < 1.29 is 55.3 Å². The van der Waals surface area contributed by atoms with E-state index in [2.05, 4.69) is 4.74 Å². The summed E-state index contributed by atoms with van der Waals surface area (Å²) < 4.78 is 4.60. The van der Waals surface area contributed by atoms with Gasteiger partial charge in [-0.2, -0.15) is 0 Å². The van der Waals surface area contributed by atoms with Crippen LogP contribution in [0.15, 0.2) is 18.2 Å². The maximum Gasteiger partial charge on any atom is 1.00 e. The average molecular weight is 249 g/mol. The zero-order valence-electron chi connectivity index (χ0n) is 10.2. The van der Waals surface area contributed by atoms with Crippen LogP contribution < -0.4 is 34.3 Å². The van der Waals surface area contributed by atoms with Crippen molar-refractivity contribution in [2.75, 3.05) is 0 Å². The molecule has 0 amide bonds. The number of rotatable bonds is 3. The van der Waals surface area contributed by atoms with Crippen LogP contribution >= 0.6 is 0 Å². The van der Waals surface area contributed by atoms with Gasteiger partial charge in [0, 0.05) is 19.1 Å². The minimum atomic E-state index is -1.40. The van der Waals surface area contributed by atoms with Crippen molar-refractivity contribution in [2.24, 2.45) is 0 Å². The second kappa shape index (κ2) is 6.33. The van der Waals surface area contributed by atoms with Crippen molar-refractivity contribution in [3.63, 3.8) is 0 Å².